The van der Waals surface area contributed by atoms with Gasteiger partial charge in [-0.2, -0.15) is 0 Å². The van der Waals surface area contributed by atoms with Crippen LogP contribution in [0.15, 0.2) is 24.8 Å². The summed E-state index contributed by atoms with van der Waals surface area (Å²) < 4.78 is 22.5. The van der Waals surface area contributed by atoms with Crippen LogP contribution >= 0.6 is 0 Å². The molecule has 0 atom stereocenters. The Labute approximate surface area is 115 Å². The van der Waals surface area contributed by atoms with Gasteiger partial charge in [0.25, 0.3) is 0 Å². The summed E-state index contributed by atoms with van der Waals surface area (Å²) >= 11 is 0. The molecule has 4 nitrogen and oxygen atoms in total. The molecule has 0 spiro atoms. The quantitative estimate of drug-likeness (QED) is 0.782. The van der Waals surface area contributed by atoms with Crippen LogP contribution < -0.4 is 10.5 Å². The van der Waals surface area contributed by atoms with Gasteiger partial charge in [-0.25, -0.2) is 13.1 Å². The van der Waals surface area contributed by atoms with Crippen LogP contribution in [0.2, 0.25) is 0 Å². The molecular formula is C13H34N2O2S. The summed E-state index contributed by atoms with van der Waals surface area (Å²) in [6, 6.07) is 0. The van der Waals surface area contributed by atoms with Crippen LogP contribution in [0.25, 0.3) is 0 Å². The summed E-state index contributed by atoms with van der Waals surface area (Å²) in [7, 11) is -1.42. The van der Waals surface area contributed by atoms with E-state index in [1.54, 1.807) is 13.0 Å². The van der Waals surface area contributed by atoms with Gasteiger partial charge in [0.2, 0.25) is 10.0 Å². The summed E-state index contributed by atoms with van der Waals surface area (Å²) in [5, 5.41) is 0. The minimum atomic E-state index is -2.92. The van der Waals surface area contributed by atoms with Crippen LogP contribution in [-0.4, -0.2) is 28.3 Å². The van der Waals surface area contributed by atoms with Crippen LogP contribution in [-0.2, 0) is 10.0 Å². The first-order valence-electron chi connectivity index (χ1n) is 6.24. The van der Waals surface area contributed by atoms with Gasteiger partial charge in [0.1, 0.15) is 0 Å². The molecule has 18 heavy (non-hydrogen) atoms. The molecule has 0 aliphatic rings. The monoisotopic (exact) mass is 282 g/mol. The van der Waals surface area contributed by atoms with E-state index in [1.807, 2.05) is 46.8 Å². The molecule has 0 amide bonds. The molecule has 0 aromatic heterocycles. The third-order valence-electron chi connectivity index (χ3n) is 0.735. The average molecular weight is 282 g/mol. The zero-order valence-corrected chi connectivity index (χ0v) is 14.3. The Morgan fingerprint density at radius 2 is 1.50 bits per heavy atom. The molecule has 0 aliphatic heterocycles. The molecule has 0 bridgehead atoms. The van der Waals surface area contributed by atoms with Gasteiger partial charge < -0.3 is 5.73 Å². The number of hydrogen-bond donors (Lipinski definition) is 2. The number of hydrogen-bond acceptors (Lipinski definition) is 3. The van der Waals surface area contributed by atoms with Crippen molar-refractivity contribution < 1.29 is 8.42 Å². The summed E-state index contributed by atoms with van der Waals surface area (Å²) in [5.74, 6) is 0. The van der Waals surface area contributed by atoms with Crippen LogP contribution in [0.4, 0.5) is 0 Å². The van der Waals surface area contributed by atoms with Crippen molar-refractivity contribution in [3.05, 3.63) is 24.8 Å². The molecule has 3 N–H and O–H groups in total. The zero-order valence-electron chi connectivity index (χ0n) is 13.4. The van der Waals surface area contributed by atoms with Crippen molar-refractivity contribution in [1.29, 1.82) is 0 Å². The van der Waals surface area contributed by atoms with E-state index in [0.29, 0.717) is 6.54 Å². The van der Waals surface area contributed by atoms with Gasteiger partial charge >= 0.3 is 0 Å². The maximum absolute atomic E-state index is 10.1. The number of nitrogens with two attached hydrogens (primary N) is 1. The van der Waals surface area contributed by atoms with E-state index >= 15 is 0 Å². The minimum Gasteiger partial charge on any atom is -0.333 e. The van der Waals surface area contributed by atoms with Crippen LogP contribution in [0.1, 0.15) is 41.5 Å². The number of allylic oxidation sites excluding steroid dienone is 3. The van der Waals surface area contributed by atoms with Crippen LogP contribution in [0.3, 0.4) is 0 Å². The SMILES string of the molecule is C=C/C=C\C.CC.CC.CCNS(C)(=O)=O.CN. The Hall–Kier alpha value is -0.650. The largest absolute Gasteiger partial charge is 0.333 e. The van der Waals surface area contributed by atoms with E-state index in [1.165, 1.54) is 7.05 Å². The highest BCUT2D eigenvalue weighted by atomic mass is 32.2. The van der Waals surface area contributed by atoms with Crippen molar-refractivity contribution in [3.63, 3.8) is 0 Å². The smallest absolute Gasteiger partial charge is 0.208 e. The van der Waals surface area contributed by atoms with Gasteiger partial charge in [0.05, 0.1) is 6.26 Å². The molecule has 0 aliphatic carbocycles. The van der Waals surface area contributed by atoms with Gasteiger partial charge in [-0.1, -0.05) is 59.4 Å². The standard InChI is InChI=1S/C5H8.C3H9NO2S.2C2H6.CH5N/c1-3-5-4-2;1-3-4-7(2,5)6;3*1-2/h3-5H,1H2,2H3;4H,3H2,1-2H3;2*1-2H3;2H2,1H3/b5-4-;;;;. The molecule has 0 aromatic carbocycles. The van der Waals surface area contributed by atoms with Crippen LogP contribution in [0, 0.1) is 0 Å². The van der Waals surface area contributed by atoms with E-state index in [9.17, 15) is 8.42 Å². The second-order valence-electron chi connectivity index (χ2n) is 2.03. The Morgan fingerprint density at radius 1 is 1.17 bits per heavy atom. The zero-order chi connectivity index (χ0) is 16.0. The molecule has 5 heteroatoms. The van der Waals surface area contributed by atoms with E-state index < -0.39 is 10.0 Å². The molecule has 0 heterocycles. The summed E-state index contributed by atoms with van der Waals surface area (Å²) in [4.78, 5) is 0. The average Bonchev–Trinajstić information content (AvgIpc) is 2.37. The number of rotatable bonds is 3. The highest BCUT2D eigenvalue weighted by molar-refractivity contribution is 7.88. The van der Waals surface area contributed by atoms with Crippen molar-refractivity contribution in [2.75, 3.05) is 19.8 Å². The lowest BCUT2D eigenvalue weighted by Gasteiger charge is -1.91. The van der Waals surface area contributed by atoms with E-state index in [2.05, 4.69) is 17.0 Å². The third kappa shape index (κ3) is 110. The fraction of sp³-hybridized carbons (Fsp3) is 0.692. The lowest BCUT2D eigenvalue weighted by Crippen LogP contribution is -2.20. The molecular weight excluding hydrogens is 248 g/mol. The summed E-state index contributed by atoms with van der Waals surface area (Å²) in [5.41, 5.74) is 4.50. The minimum absolute atomic E-state index is 0.471. The van der Waals surface area contributed by atoms with Crippen molar-refractivity contribution >= 4 is 10.0 Å². The van der Waals surface area contributed by atoms with Crippen molar-refractivity contribution in [2.24, 2.45) is 5.73 Å². The fourth-order valence-electron chi connectivity index (χ4n) is 0.398. The molecule has 0 fully saturated rings. The second-order valence-corrected chi connectivity index (χ2v) is 3.86. The first-order valence-corrected chi connectivity index (χ1v) is 8.13. The highest BCUT2D eigenvalue weighted by Gasteiger charge is 1.92. The molecule has 0 radical (unpaired) electrons. The maximum Gasteiger partial charge on any atom is 0.208 e. The molecule has 114 valence electrons. The molecule has 0 aromatic rings. The Balaban J connectivity index is -0.0000000451. The predicted octanol–water partition coefficient (Wildman–Crippen LogP) is 2.93. The van der Waals surface area contributed by atoms with E-state index in [-0.39, 0.29) is 0 Å². The molecule has 0 saturated heterocycles. The molecule has 0 rings (SSSR count). The normalized spacial score (nSPS) is 8.06. The van der Waals surface area contributed by atoms with E-state index in [0.717, 1.165) is 6.26 Å². The number of sulfonamides is 1. The molecule has 0 saturated carbocycles. The number of nitrogens with one attached hydrogen (secondary N) is 1. The maximum atomic E-state index is 10.1. The summed E-state index contributed by atoms with van der Waals surface area (Å²) in [6.45, 7) is 15.6. The first-order chi connectivity index (χ1) is 8.47. The lowest BCUT2D eigenvalue weighted by atomic mass is 10.5. The van der Waals surface area contributed by atoms with Gasteiger partial charge in [-0.3, -0.25) is 0 Å². The van der Waals surface area contributed by atoms with Crippen molar-refractivity contribution in [2.45, 2.75) is 41.5 Å². The Bertz CT molecular complexity index is 223. The van der Waals surface area contributed by atoms with Crippen molar-refractivity contribution in [1.82, 2.24) is 4.72 Å². The van der Waals surface area contributed by atoms with Gasteiger partial charge in [-0.15, -0.1) is 0 Å². The predicted molar refractivity (Wildman–Crippen MR) is 86.3 cm³/mol. The first kappa shape index (κ1) is 30.4. The van der Waals surface area contributed by atoms with Gasteiger partial charge in [-0.05, 0) is 14.0 Å². The van der Waals surface area contributed by atoms with Gasteiger partial charge in [0, 0.05) is 6.54 Å². The third-order valence-corrected chi connectivity index (χ3v) is 1.55. The van der Waals surface area contributed by atoms with Crippen molar-refractivity contribution in [3.8, 4) is 0 Å². The fourth-order valence-corrected chi connectivity index (χ4v) is 0.923. The van der Waals surface area contributed by atoms with Crippen LogP contribution in [0.5, 0.6) is 0 Å². The highest BCUT2D eigenvalue weighted by Crippen LogP contribution is 1.67. The topological polar surface area (TPSA) is 72.2 Å². The summed E-state index contributed by atoms with van der Waals surface area (Å²) in [6.07, 6.45) is 6.71. The second kappa shape index (κ2) is 36.0. The molecule has 0 unspecified atom stereocenters. The lowest BCUT2D eigenvalue weighted by molar-refractivity contribution is 0.590. The Morgan fingerprint density at radius 3 is 1.50 bits per heavy atom. The van der Waals surface area contributed by atoms with Gasteiger partial charge in [0.15, 0.2) is 0 Å². The van der Waals surface area contributed by atoms with E-state index in [4.69, 9.17) is 0 Å². The Kier molecular flexibility index (Phi) is 60.8.